The third-order valence-electron chi connectivity index (χ3n) is 4.80. The van der Waals surface area contributed by atoms with Gasteiger partial charge < -0.3 is 10.1 Å². The highest BCUT2D eigenvalue weighted by atomic mass is 32.1. The Morgan fingerprint density at radius 1 is 1.39 bits per heavy atom. The first kappa shape index (κ1) is 12.5. The van der Waals surface area contributed by atoms with Gasteiger partial charge in [0, 0.05) is 29.1 Å². The molecule has 0 amide bonds. The molecular weight excluding hydrogens is 242 g/mol. The first-order valence-corrected chi connectivity index (χ1v) is 8.20. The predicted molar refractivity (Wildman–Crippen MR) is 77.3 cm³/mol. The lowest BCUT2D eigenvalue weighted by molar-refractivity contribution is -0.134. The van der Waals surface area contributed by atoms with Crippen molar-refractivity contribution in [2.75, 3.05) is 11.9 Å². The first-order chi connectivity index (χ1) is 8.85. The van der Waals surface area contributed by atoms with Gasteiger partial charge in [-0.2, -0.15) is 11.3 Å². The van der Waals surface area contributed by atoms with Crippen LogP contribution in [0, 0.1) is 5.41 Å². The van der Waals surface area contributed by atoms with Crippen LogP contribution >= 0.6 is 11.3 Å². The fourth-order valence-electron chi connectivity index (χ4n) is 3.81. The van der Waals surface area contributed by atoms with Crippen LogP contribution in [-0.2, 0) is 4.74 Å². The second-order valence-corrected chi connectivity index (χ2v) is 6.46. The fraction of sp³-hybridized carbons (Fsp3) is 0.733. The maximum absolute atomic E-state index is 5.98. The van der Waals surface area contributed by atoms with E-state index in [4.69, 9.17) is 4.74 Å². The summed E-state index contributed by atoms with van der Waals surface area (Å²) < 4.78 is 5.98. The molecule has 2 atom stereocenters. The monoisotopic (exact) mass is 265 g/mol. The minimum Gasteiger partial charge on any atom is -0.381 e. The van der Waals surface area contributed by atoms with E-state index in [1.54, 1.807) is 11.3 Å². The molecule has 3 heteroatoms. The average molecular weight is 265 g/mol. The highest BCUT2D eigenvalue weighted by molar-refractivity contribution is 7.08. The summed E-state index contributed by atoms with van der Waals surface area (Å²) in [6, 6.07) is 2.82. The zero-order valence-corrected chi connectivity index (χ0v) is 12.0. The van der Waals surface area contributed by atoms with Crippen molar-refractivity contribution in [1.82, 2.24) is 0 Å². The molecule has 18 heavy (non-hydrogen) atoms. The summed E-state index contributed by atoms with van der Waals surface area (Å²) in [5.41, 5.74) is 1.72. The summed E-state index contributed by atoms with van der Waals surface area (Å²) in [4.78, 5) is 0. The van der Waals surface area contributed by atoms with Gasteiger partial charge in [0.05, 0.1) is 6.10 Å². The van der Waals surface area contributed by atoms with Crippen LogP contribution in [0.15, 0.2) is 16.8 Å². The zero-order chi connectivity index (χ0) is 12.4. The molecule has 2 aliphatic carbocycles. The lowest BCUT2D eigenvalue weighted by Gasteiger charge is -2.58. The number of hydrogen-bond donors (Lipinski definition) is 1. The number of ether oxygens (including phenoxy) is 1. The Bertz CT molecular complexity index is 370. The van der Waals surface area contributed by atoms with Gasteiger partial charge in [0.25, 0.3) is 0 Å². The van der Waals surface area contributed by atoms with Crippen molar-refractivity contribution in [1.29, 1.82) is 0 Å². The molecule has 2 unspecified atom stereocenters. The molecule has 0 aliphatic heterocycles. The smallest absolute Gasteiger partial charge is 0.0670 e. The van der Waals surface area contributed by atoms with Crippen LogP contribution in [0.25, 0.3) is 0 Å². The van der Waals surface area contributed by atoms with Gasteiger partial charge in [0.1, 0.15) is 0 Å². The Morgan fingerprint density at radius 3 is 2.89 bits per heavy atom. The average Bonchev–Trinajstić information content (AvgIpc) is 2.92. The molecule has 1 spiro atoms. The van der Waals surface area contributed by atoms with Crippen LogP contribution in [0.5, 0.6) is 0 Å². The standard InChI is InChI=1S/C15H23NOS/c1-2-17-14-10-13(16-12-6-9-18-11-12)15(14)7-4-3-5-8-15/h6,9,11,13-14,16H,2-5,7-8,10H2,1H3. The molecule has 1 heterocycles. The van der Waals surface area contributed by atoms with Gasteiger partial charge in [-0.3, -0.25) is 0 Å². The maximum Gasteiger partial charge on any atom is 0.0670 e. The lowest BCUT2D eigenvalue weighted by atomic mass is 9.55. The second kappa shape index (κ2) is 5.22. The van der Waals surface area contributed by atoms with E-state index in [0.717, 1.165) is 6.61 Å². The van der Waals surface area contributed by atoms with Crippen LogP contribution in [0.3, 0.4) is 0 Å². The highest BCUT2D eigenvalue weighted by Gasteiger charge is 2.55. The molecule has 2 aliphatic rings. The maximum atomic E-state index is 5.98. The van der Waals surface area contributed by atoms with Gasteiger partial charge in [-0.1, -0.05) is 19.3 Å². The molecule has 1 aromatic heterocycles. The van der Waals surface area contributed by atoms with E-state index in [1.165, 1.54) is 44.2 Å². The molecule has 2 nitrogen and oxygen atoms in total. The molecule has 2 saturated carbocycles. The minimum absolute atomic E-state index is 0.427. The van der Waals surface area contributed by atoms with Gasteiger partial charge in [0.15, 0.2) is 0 Å². The Kier molecular flexibility index (Phi) is 3.62. The third-order valence-corrected chi connectivity index (χ3v) is 5.48. The first-order valence-electron chi connectivity index (χ1n) is 7.25. The van der Waals surface area contributed by atoms with Crippen molar-refractivity contribution < 1.29 is 4.74 Å². The van der Waals surface area contributed by atoms with Crippen molar-refractivity contribution in [3.05, 3.63) is 16.8 Å². The number of anilines is 1. The van der Waals surface area contributed by atoms with Crippen LogP contribution in [0.4, 0.5) is 5.69 Å². The Hall–Kier alpha value is -0.540. The van der Waals surface area contributed by atoms with E-state index in [-0.39, 0.29) is 0 Å². The Morgan fingerprint density at radius 2 is 2.22 bits per heavy atom. The quantitative estimate of drug-likeness (QED) is 0.877. The number of thiophene rings is 1. The summed E-state index contributed by atoms with van der Waals surface area (Å²) in [6.07, 6.45) is 8.55. The summed E-state index contributed by atoms with van der Waals surface area (Å²) in [6.45, 7) is 2.98. The molecule has 1 N–H and O–H groups in total. The van der Waals surface area contributed by atoms with Gasteiger partial charge in [-0.15, -0.1) is 0 Å². The zero-order valence-electron chi connectivity index (χ0n) is 11.2. The molecule has 0 aromatic carbocycles. The molecule has 0 bridgehead atoms. The van der Waals surface area contributed by atoms with Gasteiger partial charge in [0.2, 0.25) is 0 Å². The second-order valence-electron chi connectivity index (χ2n) is 5.68. The molecule has 1 aromatic rings. The van der Waals surface area contributed by atoms with Crippen LogP contribution in [0.1, 0.15) is 45.4 Å². The largest absolute Gasteiger partial charge is 0.381 e. The highest BCUT2D eigenvalue weighted by Crippen LogP contribution is 2.54. The van der Waals surface area contributed by atoms with Crippen LogP contribution in [-0.4, -0.2) is 18.8 Å². The summed E-state index contributed by atoms with van der Waals surface area (Å²) in [5.74, 6) is 0. The minimum atomic E-state index is 0.427. The molecule has 0 saturated heterocycles. The van der Waals surface area contributed by atoms with E-state index >= 15 is 0 Å². The molecular formula is C15H23NOS. The number of nitrogens with one attached hydrogen (secondary N) is 1. The SMILES string of the molecule is CCOC1CC(Nc2ccsc2)C12CCCCC2. The molecule has 0 radical (unpaired) electrons. The lowest BCUT2D eigenvalue weighted by Crippen LogP contribution is -2.62. The normalized spacial score (nSPS) is 30.1. The summed E-state index contributed by atoms with van der Waals surface area (Å²) in [5, 5.41) is 8.10. The Balaban J connectivity index is 1.70. The number of hydrogen-bond acceptors (Lipinski definition) is 3. The number of rotatable bonds is 4. The summed E-state index contributed by atoms with van der Waals surface area (Å²) >= 11 is 1.77. The Labute approximate surface area is 114 Å². The van der Waals surface area contributed by atoms with Crippen molar-refractivity contribution in [2.24, 2.45) is 5.41 Å². The topological polar surface area (TPSA) is 21.3 Å². The van der Waals surface area contributed by atoms with E-state index in [0.29, 0.717) is 17.6 Å². The molecule has 2 fully saturated rings. The van der Waals surface area contributed by atoms with E-state index in [9.17, 15) is 0 Å². The van der Waals surface area contributed by atoms with Crippen molar-refractivity contribution in [3.63, 3.8) is 0 Å². The van der Waals surface area contributed by atoms with Gasteiger partial charge in [-0.25, -0.2) is 0 Å². The van der Waals surface area contributed by atoms with E-state index in [1.807, 2.05) is 0 Å². The van der Waals surface area contributed by atoms with Crippen LogP contribution in [0.2, 0.25) is 0 Å². The molecule has 3 rings (SSSR count). The van der Waals surface area contributed by atoms with Crippen molar-refractivity contribution >= 4 is 17.0 Å². The van der Waals surface area contributed by atoms with E-state index < -0.39 is 0 Å². The van der Waals surface area contributed by atoms with Crippen molar-refractivity contribution in [3.8, 4) is 0 Å². The molecule has 100 valence electrons. The van der Waals surface area contributed by atoms with Crippen molar-refractivity contribution in [2.45, 2.75) is 57.6 Å². The van der Waals surface area contributed by atoms with Gasteiger partial charge >= 0.3 is 0 Å². The van der Waals surface area contributed by atoms with E-state index in [2.05, 4.69) is 29.1 Å². The third kappa shape index (κ3) is 2.08. The van der Waals surface area contributed by atoms with Gasteiger partial charge in [-0.05, 0) is 37.6 Å². The van der Waals surface area contributed by atoms with Crippen LogP contribution < -0.4 is 5.32 Å². The summed E-state index contributed by atoms with van der Waals surface area (Å²) in [7, 11) is 0. The fourth-order valence-corrected chi connectivity index (χ4v) is 4.41. The predicted octanol–water partition coefficient (Wildman–Crippen LogP) is 4.29.